The van der Waals surface area contributed by atoms with Crippen LogP contribution >= 0.6 is 12.4 Å². The van der Waals surface area contributed by atoms with Crippen molar-refractivity contribution in [3.63, 3.8) is 0 Å². The van der Waals surface area contributed by atoms with Crippen molar-refractivity contribution in [3.8, 4) is 11.4 Å². The SMILES string of the molecule is CCCCCCCCCCCCCCc1ccc(-c2noc(C3CCCN3C(=N)N)n2)cc1.Cl. The Morgan fingerprint density at radius 1 is 0.971 bits per heavy atom. The molecular weight excluding hydrogens is 446 g/mol. The number of guanidine groups is 1. The fourth-order valence-electron chi connectivity index (χ4n) is 4.79. The number of nitrogens with two attached hydrogens (primary N) is 1. The van der Waals surface area contributed by atoms with Crippen LogP contribution < -0.4 is 5.73 Å². The molecule has 0 spiro atoms. The van der Waals surface area contributed by atoms with E-state index in [1.54, 1.807) is 0 Å². The third-order valence-electron chi connectivity index (χ3n) is 6.82. The number of hydrogen-bond donors (Lipinski definition) is 2. The molecule has 1 aliphatic rings. The molecule has 7 heteroatoms. The molecule has 34 heavy (non-hydrogen) atoms. The summed E-state index contributed by atoms with van der Waals surface area (Å²) in [5.41, 5.74) is 8.02. The Kier molecular flexibility index (Phi) is 13.0. The maximum Gasteiger partial charge on any atom is 0.249 e. The maximum atomic E-state index is 7.72. The van der Waals surface area contributed by atoms with Crippen LogP contribution in [0, 0.1) is 5.41 Å². The standard InChI is InChI=1S/C27H43N5O.ClH/c1-2-3-4-5-6-7-8-9-10-11-12-13-15-22-17-19-23(20-18-22)25-30-26(33-31-25)24-16-14-21-32(24)27(28)29;/h17-20,24H,2-16,21H2,1H3,(H3,28,29);1H. The zero-order valence-corrected chi connectivity index (χ0v) is 21.8. The molecule has 6 nitrogen and oxygen atoms in total. The number of nitrogens with one attached hydrogen (secondary N) is 1. The molecule has 3 rings (SSSR count). The third kappa shape index (κ3) is 8.94. The fraction of sp³-hybridized carbons (Fsp3) is 0.667. The van der Waals surface area contributed by atoms with Gasteiger partial charge in [-0.3, -0.25) is 5.41 Å². The van der Waals surface area contributed by atoms with E-state index in [-0.39, 0.29) is 24.4 Å². The van der Waals surface area contributed by atoms with E-state index >= 15 is 0 Å². The lowest BCUT2D eigenvalue weighted by Crippen LogP contribution is -2.35. The summed E-state index contributed by atoms with van der Waals surface area (Å²) >= 11 is 0. The fourth-order valence-corrected chi connectivity index (χ4v) is 4.79. The van der Waals surface area contributed by atoms with Crippen LogP contribution in [0.4, 0.5) is 0 Å². The smallest absolute Gasteiger partial charge is 0.249 e. The van der Waals surface area contributed by atoms with Crippen molar-refractivity contribution in [1.29, 1.82) is 5.41 Å². The van der Waals surface area contributed by atoms with Crippen LogP contribution in [0.15, 0.2) is 28.8 Å². The molecule has 2 heterocycles. The first-order valence-corrected chi connectivity index (χ1v) is 13.2. The topological polar surface area (TPSA) is 92.0 Å². The normalized spacial score (nSPS) is 15.4. The molecule has 0 amide bonds. The summed E-state index contributed by atoms with van der Waals surface area (Å²) in [4.78, 5) is 6.42. The van der Waals surface area contributed by atoms with Crippen LogP contribution in [-0.4, -0.2) is 27.5 Å². The van der Waals surface area contributed by atoms with Gasteiger partial charge in [0, 0.05) is 12.1 Å². The highest BCUT2D eigenvalue weighted by molar-refractivity contribution is 5.85. The number of likely N-dealkylation sites (tertiary alicyclic amines) is 1. The zero-order chi connectivity index (χ0) is 23.3. The van der Waals surface area contributed by atoms with E-state index in [4.69, 9.17) is 15.7 Å². The Morgan fingerprint density at radius 3 is 2.15 bits per heavy atom. The van der Waals surface area contributed by atoms with Gasteiger partial charge in [0.2, 0.25) is 11.7 Å². The van der Waals surface area contributed by atoms with E-state index in [1.165, 1.54) is 82.6 Å². The van der Waals surface area contributed by atoms with Gasteiger partial charge in [0.15, 0.2) is 5.96 Å². The van der Waals surface area contributed by atoms with Crippen LogP contribution in [0.1, 0.15) is 114 Å². The maximum absolute atomic E-state index is 7.72. The lowest BCUT2D eigenvalue weighted by atomic mass is 10.0. The van der Waals surface area contributed by atoms with Crippen molar-refractivity contribution in [2.75, 3.05) is 6.54 Å². The van der Waals surface area contributed by atoms with Crippen molar-refractivity contribution in [2.24, 2.45) is 5.73 Å². The average Bonchev–Trinajstić information content (AvgIpc) is 3.50. The van der Waals surface area contributed by atoms with E-state index < -0.39 is 0 Å². The Balaban J connectivity index is 0.00000408. The van der Waals surface area contributed by atoms with Gasteiger partial charge in [-0.15, -0.1) is 12.4 Å². The average molecular weight is 490 g/mol. The summed E-state index contributed by atoms with van der Waals surface area (Å²) < 4.78 is 5.51. The number of hydrogen-bond acceptors (Lipinski definition) is 4. The van der Waals surface area contributed by atoms with Crippen LogP contribution in [0.25, 0.3) is 11.4 Å². The minimum atomic E-state index is -0.0752. The quantitative estimate of drug-likeness (QED) is 0.154. The predicted octanol–water partition coefficient (Wildman–Crippen LogP) is 7.43. The summed E-state index contributed by atoms with van der Waals surface area (Å²) in [6, 6.07) is 8.46. The number of halogens is 1. The summed E-state index contributed by atoms with van der Waals surface area (Å²) in [5.74, 6) is 1.23. The third-order valence-corrected chi connectivity index (χ3v) is 6.82. The van der Waals surface area contributed by atoms with Crippen LogP contribution in [0.5, 0.6) is 0 Å². The Hall–Kier alpha value is -2.08. The van der Waals surface area contributed by atoms with E-state index in [9.17, 15) is 0 Å². The number of aromatic nitrogens is 2. The predicted molar refractivity (Wildman–Crippen MR) is 142 cm³/mol. The summed E-state index contributed by atoms with van der Waals surface area (Å²) in [5, 5.41) is 11.9. The van der Waals surface area contributed by atoms with Gasteiger partial charge < -0.3 is 15.2 Å². The van der Waals surface area contributed by atoms with Crippen molar-refractivity contribution < 1.29 is 4.52 Å². The summed E-state index contributed by atoms with van der Waals surface area (Å²) in [6.45, 7) is 3.05. The van der Waals surface area contributed by atoms with Crippen LogP contribution in [-0.2, 0) is 6.42 Å². The van der Waals surface area contributed by atoms with E-state index in [1.807, 2.05) is 4.90 Å². The lowest BCUT2D eigenvalue weighted by Gasteiger charge is -2.21. The molecule has 0 saturated carbocycles. The molecule has 1 atom stereocenters. The highest BCUT2D eigenvalue weighted by Crippen LogP contribution is 2.31. The molecule has 1 unspecified atom stereocenters. The first-order valence-electron chi connectivity index (χ1n) is 13.2. The Labute approximate surface area is 212 Å². The molecule has 1 fully saturated rings. The van der Waals surface area contributed by atoms with Gasteiger partial charge in [-0.2, -0.15) is 4.98 Å². The molecular formula is C27H44ClN5O. The molecule has 0 aliphatic carbocycles. The number of nitrogens with zero attached hydrogens (tertiary/aromatic N) is 3. The summed E-state index contributed by atoms with van der Waals surface area (Å²) in [7, 11) is 0. The van der Waals surface area contributed by atoms with Crippen molar-refractivity contribution in [3.05, 3.63) is 35.7 Å². The van der Waals surface area contributed by atoms with Gasteiger partial charge in [0.05, 0.1) is 0 Å². The molecule has 3 N–H and O–H groups in total. The largest absolute Gasteiger partial charge is 0.370 e. The second-order valence-corrected chi connectivity index (χ2v) is 9.53. The Bertz CT molecular complexity index is 823. The first kappa shape index (κ1) is 28.2. The van der Waals surface area contributed by atoms with E-state index in [0.717, 1.165) is 31.4 Å². The molecule has 0 radical (unpaired) electrons. The van der Waals surface area contributed by atoms with Crippen LogP contribution in [0.2, 0.25) is 0 Å². The van der Waals surface area contributed by atoms with Gasteiger partial charge in [0.25, 0.3) is 0 Å². The number of benzene rings is 1. The van der Waals surface area contributed by atoms with E-state index in [0.29, 0.717) is 11.7 Å². The Morgan fingerprint density at radius 2 is 1.56 bits per heavy atom. The van der Waals surface area contributed by atoms with Crippen molar-refractivity contribution in [2.45, 2.75) is 109 Å². The second kappa shape index (κ2) is 15.8. The molecule has 2 aromatic rings. The van der Waals surface area contributed by atoms with E-state index in [2.05, 4.69) is 41.3 Å². The van der Waals surface area contributed by atoms with Gasteiger partial charge in [-0.1, -0.05) is 107 Å². The number of aryl methyl sites for hydroxylation is 1. The number of unbranched alkanes of at least 4 members (excludes halogenated alkanes) is 11. The molecule has 1 saturated heterocycles. The zero-order valence-electron chi connectivity index (χ0n) is 20.9. The lowest BCUT2D eigenvalue weighted by molar-refractivity contribution is 0.283. The van der Waals surface area contributed by atoms with Gasteiger partial charge in [-0.25, -0.2) is 0 Å². The minimum Gasteiger partial charge on any atom is -0.370 e. The van der Waals surface area contributed by atoms with Gasteiger partial charge in [0.1, 0.15) is 6.04 Å². The highest BCUT2D eigenvalue weighted by atomic mass is 35.5. The first-order chi connectivity index (χ1) is 16.2. The van der Waals surface area contributed by atoms with Crippen LogP contribution in [0.3, 0.4) is 0 Å². The van der Waals surface area contributed by atoms with Gasteiger partial charge >= 0.3 is 0 Å². The molecule has 1 aliphatic heterocycles. The molecule has 1 aromatic heterocycles. The second-order valence-electron chi connectivity index (χ2n) is 9.53. The molecule has 0 bridgehead atoms. The van der Waals surface area contributed by atoms with Gasteiger partial charge in [-0.05, 0) is 31.2 Å². The van der Waals surface area contributed by atoms with Crippen molar-refractivity contribution >= 4 is 18.4 Å². The highest BCUT2D eigenvalue weighted by Gasteiger charge is 2.31. The molecule has 1 aromatic carbocycles. The van der Waals surface area contributed by atoms with Crippen molar-refractivity contribution in [1.82, 2.24) is 15.0 Å². The minimum absolute atomic E-state index is 0. The summed E-state index contributed by atoms with van der Waals surface area (Å²) in [6.07, 6.45) is 19.6. The monoisotopic (exact) mass is 489 g/mol. The molecule has 190 valence electrons. The number of rotatable bonds is 15.